The van der Waals surface area contributed by atoms with Crippen LogP contribution < -0.4 is 25.0 Å². The number of rotatable bonds is 7. The van der Waals surface area contributed by atoms with Crippen molar-refractivity contribution in [2.24, 2.45) is 0 Å². The third-order valence-corrected chi connectivity index (χ3v) is 4.76. The number of piperidine rings is 1. The largest absolute Gasteiger partial charge is 0.497 e. The van der Waals surface area contributed by atoms with Crippen molar-refractivity contribution in [2.75, 3.05) is 38.8 Å². The first kappa shape index (κ1) is 19.7. The van der Waals surface area contributed by atoms with Gasteiger partial charge in [-0.3, -0.25) is 0 Å². The van der Waals surface area contributed by atoms with E-state index in [4.69, 9.17) is 9.47 Å². The van der Waals surface area contributed by atoms with Crippen LogP contribution in [-0.4, -0.2) is 55.9 Å². The summed E-state index contributed by atoms with van der Waals surface area (Å²) in [5, 5.41) is 5.98. The highest BCUT2D eigenvalue weighted by Crippen LogP contribution is 2.24. The van der Waals surface area contributed by atoms with Crippen molar-refractivity contribution < 1.29 is 14.3 Å². The minimum Gasteiger partial charge on any atom is -0.497 e. The molecular formula is C20H27N5O3. The van der Waals surface area contributed by atoms with E-state index in [0.717, 1.165) is 36.4 Å². The maximum absolute atomic E-state index is 12.3. The number of aromatic nitrogens is 2. The van der Waals surface area contributed by atoms with Crippen molar-refractivity contribution in [1.82, 2.24) is 20.6 Å². The van der Waals surface area contributed by atoms with Crippen LogP contribution in [0.1, 0.15) is 18.4 Å². The molecule has 1 unspecified atom stereocenters. The third-order valence-electron chi connectivity index (χ3n) is 4.76. The van der Waals surface area contributed by atoms with Gasteiger partial charge in [-0.1, -0.05) is 0 Å². The lowest BCUT2D eigenvalue weighted by atomic mass is 10.1. The van der Waals surface area contributed by atoms with Crippen LogP contribution >= 0.6 is 0 Å². The maximum atomic E-state index is 12.3. The topological polar surface area (TPSA) is 88.6 Å². The summed E-state index contributed by atoms with van der Waals surface area (Å²) in [5.41, 5.74) is 0.993. The molecule has 2 amide bonds. The van der Waals surface area contributed by atoms with Gasteiger partial charge in [0.05, 0.1) is 14.2 Å². The fourth-order valence-electron chi connectivity index (χ4n) is 3.36. The van der Waals surface area contributed by atoms with Crippen LogP contribution in [0.2, 0.25) is 0 Å². The number of hydrogen-bond donors (Lipinski definition) is 2. The van der Waals surface area contributed by atoms with Crippen molar-refractivity contribution in [3.8, 4) is 11.5 Å². The summed E-state index contributed by atoms with van der Waals surface area (Å²) in [6, 6.07) is 7.36. The van der Waals surface area contributed by atoms with Gasteiger partial charge in [0.2, 0.25) is 5.95 Å². The zero-order chi connectivity index (χ0) is 19.8. The summed E-state index contributed by atoms with van der Waals surface area (Å²) >= 11 is 0. The highest BCUT2D eigenvalue weighted by Gasteiger charge is 2.22. The lowest BCUT2D eigenvalue weighted by Crippen LogP contribution is -2.51. The highest BCUT2D eigenvalue weighted by molar-refractivity contribution is 5.74. The van der Waals surface area contributed by atoms with Gasteiger partial charge < -0.3 is 25.0 Å². The van der Waals surface area contributed by atoms with Gasteiger partial charge in [0.15, 0.2) is 0 Å². The minimum absolute atomic E-state index is 0.0731. The second-order valence-electron chi connectivity index (χ2n) is 6.66. The zero-order valence-electron chi connectivity index (χ0n) is 16.4. The Morgan fingerprint density at radius 3 is 2.82 bits per heavy atom. The van der Waals surface area contributed by atoms with Gasteiger partial charge >= 0.3 is 6.03 Å². The molecule has 8 heteroatoms. The molecule has 0 bridgehead atoms. The first-order chi connectivity index (χ1) is 13.7. The van der Waals surface area contributed by atoms with Crippen LogP contribution in [0, 0.1) is 0 Å². The SMILES string of the molecule is COc1ccc(OC)c(CCNC(=O)NC2CCCN(c3ncccn3)C2)c1. The molecule has 1 aliphatic heterocycles. The number of hydrogen-bond acceptors (Lipinski definition) is 6. The highest BCUT2D eigenvalue weighted by atomic mass is 16.5. The number of anilines is 1. The van der Waals surface area contributed by atoms with Crippen molar-refractivity contribution in [3.05, 3.63) is 42.2 Å². The molecule has 1 fully saturated rings. The summed E-state index contributed by atoms with van der Waals surface area (Å²) in [6.45, 7) is 2.12. The second-order valence-corrected chi connectivity index (χ2v) is 6.66. The molecule has 1 aromatic carbocycles. The van der Waals surface area contributed by atoms with Gasteiger partial charge in [0.1, 0.15) is 11.5 Å². The quantitative estimate of drug-likeness (QED) is 0.758. The van der Waals surface area contributed by atoms with Gasteiger partial charge in [-0.05, 0) is 49.1 Å². The summed E-state index contributed by atoms with van der Waals surface area (Å²) in [5.74, 6) is 2.26. The predicted molar refractivity (Wildman–Crippen MR) is 107 cm³/mol. The van der Waals surface area contributed by atoms with E-state index in [1.165, 1.54) is 0 Å². The van der Waals surface area contributed by atoms with E-state index in [9.17, 15) is 4.79 Å². The molecule has 2 N–H and O–H groups in total. The molecule has 8 nitrogen and oxygen atoms in total. The summed E-state index contributed by atoms with van der Waals surface area (Å²) in [7, 11) is 3.27. The lowest BCUT2D eigenvalue weighted by molar-refractivity contribution is 0.235. The molecule has 2 heterocycles. The monoisotopic (exact) mass is 385 g/mol. The van der Waals surface area contributed by atoms with E-state index in [1.54, 1.807) is 32.7 Å². The molecule has 3 rings (SSSR count). The summed E-state index contributed by atoms with van der Waals surface area (Å²) < 4.78 is 10.6. The first-order valence-corrected chi connectivity index (χ1v) is 9.47. The van der Waals surface area contributed by atoms with E-state index in [-0.39, 0.29) is 12.1 Å². The summed E-state index contributed by atoms with van der Waals surface area (Å²) in [4.78, 5) is 23.0. The normalized spacial score (nSPS) is 16.4. The van der Waals surface area contributed by atoms with Gasteiger partial charge in [-0.2, -0.15) is 0 Å². The first-order valence-electron chi connectivity index (χ1n) is 9.47. The van der Waals surface area contributed by atoms with E-state index < -0.39 is 0 Å². The van der Waals surface area contributed by atoms with Crippen molar-refractivity contribution >= 4 is 12.0 Å². The van der Waals surface area contributed by atoms with E-state index >= 15 is 0 Å². The standard InChI is InChI=1S/C20H27N5O3/c1-27-17-6-7-18(28-2)15(13-17)8-11-23-20(26)24-16-5-3-12-25(14-16)19-21-9-4-10-22-19/h4,6-7,9-10,13,16H,3,5,8,11-12,14H2,1-2H3,(H2,23,24,26). The Labute approximate surface area is 165 Å². The average Bonchev–Trinajstić information content (AvgIpc) is 2.74. The van der Waals surface area contributed by atoms with Crippen LogP contribution in [0.25, 0.3) is 0 Å². The Balaban J connectivity index is 1.47. The van der Waals surface area contributed by atoms with Crippen LogP contribution in [0.3, 0.4) is 0 Å². The molecule has 0 aliphatic carbocycles. The molecule has 1 aliphatic rings. The minimum atomic E-state index is -0.164. The van der Waals surface area contributed by atoms with Crippen LogP contribution in [0.4, 0.5) is 10.7 Å². The number of nitrogens with zero attached hydrogens (tertiary/aromatic N) is 3. The van der Waals surface area contributed by atoms with Crippen LogP contribution in [-0.2, 0) is 6.42 Å². The molecule has 0 radical (unpaired) electrons. The Hall–Kier alpha value is -3.03. The van der Waals surface area contributed by atoms with E-state index in [0.29, 0.717) is 25.5 Å². The Kier molecular flexibility index (Phi) is 6.89. The predicted octanol–water partition coefficient (Wildman–Crippen LogP) is 2.00. The van der Waals surface area contributed by atoms with Crippen LogP contribution in [0.15, 0.2) is 36.7 Å². The maximum Gasteiger partial charge on any atom is 0.315 e. The van der Waals surface area contributed by atoms with Gasteiger partial charge in [0, 0.05) is 38.1 Å². The lowest BCUT2D eigenvalue weighted by Gasteiger charge is -2.33. The van der Waals surface area contributed by atoms with Gasteiger partial charge in [0.25, 0.3) is 0 Å². The third kappa shape index (κ3) is 5.25. The zero-order valence-corrected chi connectivity index (χ0v) is 16.4. The molecule has 1 atom stereocenters. The number of amides is 2. The average molecular weight is 385 g/mol. The summed E-state index contributed by atoms with van der Waals surface area (Å²) in [6.07, 6.45) is 6.06. The number of carbonyl (C=O) groups excluding carboxylic acids is 1. The Morgan fingerprint density at radius 2 is 2.07 bits per heavy atom. The van der Waals surface area contributed by atoms with Crippen molar-refractivity contribution in [2.45, 2.75) is 25.3 Å². The van der Waals surface area contributed by atoms with Gasteiger partial charge in [-0.15, -0.1) is 0 Å². The number of carbonyl (C=O) groups is 1. The fraction of sp³-hybridized carbons (Fsp3) is 0.450. The number of benzene rings is 1. The number of urea groups is 1. The van der Waals surface area contributed by atoms with E-state index in [2.05, 4.69) is 25.5 Å². The number of ether oxygens (including phenoxy) is 2. The smallest absolute Gasteiger partial charge is 0.315 e. The van der Waals surface area contributed by atoms with Gasteiger partial charge in [-0.25, -0.2) is 14.8 Å². The van der Waals surface area contributed by atoms with E-state index in [1.807, 2.05) is 18.2 Å². The Morgan fingerprint density at radius 1 is 1.25 bits per heavy atom. The number of nitrogens with one attached hydrogen (secondary N) is 2. The second kappa shape index (κ2) is 9.77. The molecule has 150 valence electrons. The van der Waals surface area contributed by atoms with Crippen LogP contribution in [0.5, 0.6) is 11.5 Å². The Bertz CT molecular complexity index is 772. The molecule has 2 aromatic rings. The molecule has 0 saturated carbocycles. The fourth-order valence-corrected chi connectivity index (χ4v) is 3.36. The molecule has 28 heavy (non-hydrogen) atoms. The van der Waals surface area contributed by atoms with Crippen molar-refractivity contribution in [3.63, 3.8) is 0 Å². The molecule has 1 saturated heterocycles. The molecule has 1 aromatic heterocycles. The number of methoxy groups -OCH3 is 2. The molecule has 0 spiro atoms. The van der Waals surface area contributed by atoms with Crippen molar-refractivity contribution in [1.29, 1.82) is 0 Å². The molecular weight excluding hydrogens is 358 g/mol.